The fourth-order valence-electron chi connectivity index (χ4n) is 10.1. The molecule has 2 aliphatic heterocycles. The molecule has 12 rings (SSSR count). The number of hydrogen-bond acceptors (Lipinski definition) is 4. The summed E-state index contributed by atoms with van der Waals surface area (Å²) in [5.41, 5.74) is 17.0. The van der Waals surface area contributed by atoms with Crippen molar-refractivity contribution in [3.05, 3.63) is 232 Å². The number of allylic oxidation sites excluding steroid dienone is 8. The van der Waals surface area contributed by atoms with E-state index in [-0.39, 0.29) is 6.04 Å². The van der Waals surface area contributed by atoms with Crippen LogP contribution in [0.25, 0.3) is 43.5 Å². The van der Waals surface area contributed by atoms with Gasteiger partial charge in [0.05, 0.1) is 23.0 Å². The molecule has 0 bridgehead atoms. The minimum absolute atomic E-state index is 0.195. The molecule has 0 spiro atoms. The van der Waals surface area contributed by atoms with Crippen LogP contribution >= 0.6 is 23.1 Å². The number of hydrogen-bond donors (Lipinski definition) is 0. The van der Waals surface area contributed by atoms with E-state index in [1.807, 2.05) is 11.3 Å². The zero-order valence-corrected chi connectivity index (χ0v) is 35.5. The molecular weight excluding hydrogens is 777 g/mol. The van der Waals surface area contributed by atoms with E-state index in [9.17, 15) is 0 Å². The highest BCUT2D eigenvalue weighted by Gasteiger charge is 2.50. The van der Waals surface area contributed by atoms with Crippen LogP contribution in [0.5, 0.6) is 0 Å². The summed E-state index contributed by atoms with van der Waals surface area (Å²) in [5.74, 6) is 0. The Morgan fingerprint density at radius 3 is 2.10 bits per heavy atom. The molecule has 6 aromatic carbocycles. The van der Waals surface area contributed by atoms with Gasteiger partial charge in [0.1, 0.15) is 0 Å². The van der Waals surface area contributed by atoms with Gasteiger partial charge in [-0.3, -0.25) is 0 Å². The zero-order valence-electron chi connectivity index (χ0n) is 33.8. The maximum absolute atomic E-state index is 2.68. The number of rotatable bonds is 8. The van der Waals surface area contributed by atoms with Crippen LogP contribution < -0.4 is 9.80 Å². The molecule has 4 heteroatoms. The highest BCUT2D eigenvalue weighted by atomic mass is 32.2. The lowest BCUT2D eigenvalue weighted by molar-refractivity contribution is 0.724. The molecule has 1 saturated heterocycles. The molecule has 7 aromatic rings. The lowest BCUT2D eigenvalue weighted by Gasteiger charge is -2.36. The SMILES string of the molecule is C1=CC(N(C2=CC=C(c3ccccc3)CC2)c2cccc(-c3cccc(N4c5c(sc6ccccc56)C5SC6=CCC=C6C54)c3)c2)CC=C1c1ccc(-c2ccccc2)cc1. The third kappa shape index (κ3) is 6.48. The van der Waals surface area contributed by atoms with Crippen molar-refractivity contribution in [3.63, 3.8) is 0 Å². The van der Waals surface area contributed by atoms with E-state index in [4.69, 9.17) is 0 Å². The van der Waals surface area contributed by atoms with Gasteiger partial charge in [-0.15, -0.1) is 23.1 Å². The van der Waals surface area contributed by atoms with Crippen LogP contribution in [0.15, 0.2) is 216 Å². The number of fused-ring (bicyclic) bond motifs is 7. The number of anilines is 3. The molecule has 1 fully saturated rings. The van der Waals surface area contributed by atoms with Crippen LogP contribution in [0.4, 0.5) is 17.1 Å². The van der Waals surface area contributed by atoms with Crippen molar-refractivity contribution in [3.8, 4) is 22.3 Å². The van der Waals surface area contributed by atoms with Crippen molar-refractivity contribution in [2.75, 3.05) is 9.80 Å². The summed E-state index contributed by atoms with van der Waals surface area (Å²) in [6, 6.07) is 58.7. The summed E-state index contributed by atoms with van der Waals surface area (Å²) in [4.78, 5) is 8.29. The second-order valence-electron chi connectivity index (χ2n) is 16.6. The van der Waals surface area contributed by atoms with Gasteiger partial charge in [-0.05, 0) is 112 Å². The lowest BCUT2D eigenvalue weighted by atomic mass is 9.92. The van der Waals surface area contributed by atoms with Crippen LogP contribution in [0.1, 0.15) is 46.9 Å². The zero-order chi connectivity index (χ0) is 40.3. The number of thiophene rings is 1. The maximum Gasteiger partial charge on any atom is 0.0771 e. The predicted octanol–water partition coefficient (Wildman–Crippen LogP) is 15.7. The molecule has 0 N–H and O–H groups in total. The Morgan fingerprint density at radius 2 is 1.31 bits per heavy atom. The Balaban J connectivity index is 0.891. The fraction of sp³-hybridized carbons (Fsp3) is 0.123. The van der Waals surface area contributed by atoms with Gasteiger partial charge < -0.3 is 9.80 Å². The fourth-order valence-corrected chi connectivity index (χ4v) is 13.0. The smallest absolute Gasteiger partial charge is 0.0771 e. The monoisotopic (exact) mass is 820 g/mol. The summed E-state index contributed by atoms with van der Waals surface area (Å²) >= 11 is 4.06. The first-order valence-corrected chi connectivity index (χ1v) is 23.3. The molecule has 3 unspecified atom stereocenters. The topological polar surface area (TPSA) is 6.48 Å². The minimum Gasteiger partial charge on any atom is -0.338 e. The highest BCUT2D eigenvalue weighted by Crippen LogP contribution is 2.65. The molecule has 1 aromatic heterocycles. The summed E-state index contributed by atoms with van der Waals surface area (Å²) in [5, 5.41) is 1.80. The molecule has 5 aliphatic rings. The molecule has 3 aliphatic carbocycles. The van der Waals surface area contributed by atoms with Gasteiger partial charge in [0.15, 0.2) is 0 Å². The molecule has 3 heterocycles. The Bertz CT molecular complexity index is 3020. The minimum atomic E-state index is 0.195. The van der Waals surface area contributed by atoms with Gasteiger partial charge in [-0.2, -0.15) is 0 Å². The Kier molecular flexibility index (Phi) is 9.15. The van der Waals surface area contributed by atoms with Crippen molar-refractivity contribution in [1.29, 1.82) is 0 Å². The number of benzene rings is 6. The highest BCUT2D eigenvalue weighted by molar-refractivity contribution is 8.04. The average molecular weight is 821 g/mol. The third-order valence-corrected chi connectivity index (χ3v) is 15.9. The second kappa shape index (κ2) is 15.3. The van der Waals surface area contributed by atoms with Gasteiger partial charge >= 0.3 is 0 Å². The molecule has 3 atom stereocenters. The number of thioether (sulfide) groups is 1. The van der Waals surface area contributed by atoms with E-state index in [2.05, 4.69) is 222 Å². The molecule has 0 saturated carbocycles. The largest absolute Gasteiger partial charge is 0.338 e. The second-order valence-corrected chi connectivity index (χ2v) is 18.8. The summed E-state index contributed by atoms with van der Waals surface area (Å²) in [7, 11) is 0. The molecule has 0 radical (unpaired) electrons. The third-order valence-electron chi connectivity index (χ3n) is 13.1. The van der Waals surface area contributed by atoms with E-state index in [0.717, 1.165) is 25.7 Å². The summed E-state index contributed by atoms with van der Waals surface area (Å²) < 4.78 is 1.38. The van der Waals surface area contributed by atoms with Crippen LogP contribution in [0.2, 0.25) is 0 Å². The normalized spacial score (nSPS) is 20.0. The Morgan fingerprint density at radius 1 is 0.590 bits per heavy atom. The van der Waals surface area contributed by atoms with Crippen LogP contribution in [0, 0.1) is 0 Å². The van der Waals surface area contributed by atoms with E-state index >= 15 is 0 Å². The molecule has 0 amide bonds. The van der Waals surface area contributed by atoms with Crippen LogP contribution in [-0.4, -0.2) is 12.1 Å². The first-order chi connectivity index (χ1) is 30.2. The molecule has 61 heavy (non-hydrogen) atoms. The first-order valence-electron chi connectivity index (χ1n) is 21.6. The predicted molar refractivity (Wildman–Crippen MR) is 262 cm³/mol. The van der Waals surface area contributed by atoms with E-state index in [1.165, 1.54) is 92.7 Å². The molecule has 2 nitrogen and oxygen atoms in total. The van der Waals surface area contributed by atoms with Gasteiger partial charge in [0.25, 0.3) is 0 Å². The average Bonchev–Trinajstić information content (AvgIpc) is 4.10. The van der Waals surface area contributed by atoms with Crippen molar-refractivity contribution in [2.45, 2.75) is 43.0 Å². The maximum atomic E-state index is 2.68. The van der Waals surface area contributed by atoms with E-state index in [1.54, 1.807) is 0 Å². The van der Waals surface area contributed by atoms with Gasteiger partial charge in [0, 0.05) is 36.9 Å². The molecular formula is C57H44N2S2. The Hall–Kier alpha value is -6.33. The van der Waals surface area contributed by atoms with Gasteiger partial charge in [0.2, 0.25) is 0 Å². The van der Waals surface area contributed by atoms with Crippen molar-refractivity contribution in [1.82, 2.24) is 0 Å². The van der Waals surface area contributed by atoms with Gasteiger partial charge in [-0.1, -0.05) is 164 Å². The standard InChI is InChI=1S/C57H44N2S2/c1-3-12-38(13-4-1)40-24-26-41(27-25-40)43-30-34-47(35-31-43)58(46-32-28-42(29-33-46)39-14-5-2-6-15-39)48-18-9-16-44(36-48)45-17-10-19-49(37-45)59-54-50-20-7-8-22-52(50)60-56(54)57-55(59)51-21-11-23-53(51)61-57/h1-10,12-28,30-32,34,36-37,47,55,57H,11,29,33,35H2. The lowest BCUT2D eigenvalue weighted by Crippen LogP contribution is -2.34. The van der Waals surface area contributed by atoms with Crippen LogP contribution in [0.3, 0.4) is 0 Å². The summed E-state index contributed by atoms with van der Waals surface area (Å²) in [6.07, 6.45) is 20.8. The number of nitrogens with zero attached hydrogens (tertiary/aromatic N) is 2. The first kappa shape index (κ1) is 36.5. The quantitative estimate of drug-likeness (QED) is 0.151. The van der Waals surface area contributed by atoms with Crippen LogP contribution in [-0.2, 0) is 0 Å². The van der Waals surface area contributed by atoms with Crippen molar-refractivity contribution >= 4 is 61.4 Å². The molecule has 294 valence electrons. The van der Waals surface area contributed by atoms with Crippen molar-refractivity contribution < 1.29 is 0 Å². The van der Waals surface area contributed by atoms with Gasteiger partial charge in [-0.25, -0.2) is 0 Å². The van der Waals surface area contributed by atoms with Crippen molar-refractivity contribution in [2.24, 2.45) is 0 Å². The van der Waals surface area contributed by atoms with E-state index < -0.39 is 0 Å². The Labute approximate surface area is 366 Å². The summed E-state index contributed by atoms with van der Waals surface area (Å²) in [6.45, 7) is 0. The van der Waals surface area contributed by atoms with E-state index in [0.29, 0.717) is 11.3 Å².